The molecule has 3 aromatic rings. The lowest BCUT2D eigenvalue weighted by Crippen LogP contribution is -2.54. The number of fused-ring (bicyclic) bond motifs is 8. The van der Waals surface area contributed by atoms with Crippen molar-refractivity contribution in [2.45, 2.75) is 65.3 Å². The van der Waals surface area contributed by atoms with Crippen molar-refractivity contribution < 1.29 is 24.1 Å². The number of pyridine rings is 2. The Morgan fingerprint density at radius 1 is 1.07 bits per heavy atom. The van der Waals surface area contributed by atoms with Crippen molar-refractivity contribution in [1.29, 1.82) is 0 Å². The van der Waals surface area contributed by atoms with Gasteiger partial charge in [-0.3, -0.25) is 4.79 Å². The van der Waals surface area contributed by atoms with Crippen molar-refractivity contribution in [3.05, 3.63) is 50.8 Å². The van der Waals surface area contributed by atoms with Crippen LogP contribution in [0.5, 0.6) is 11.5 Å². The standard InChI is InChI=1S/C31H33N3O6/c1-30(2)16-5-4-15(21(30)6-16)10-32-11-18-17-7-25-26(40-14-39-25)9-23(17)33-27-19(18)12-34-24(27)8-22-20(28(34)35)13-38-29(36)31(22,3)37/h7-9,15-16,21,32,37H,4-6,10-14H2,1-3H3/t15?,16?,21?,31-/m0/s1. The normalized spacial score (nSPS) is 28.5. The van der Waals surface area contributed by atoms with Gasteiger partial charge in [-0.1, -0.05) is 13.8 Å². The molecule has 2 aromatic heterocycles. The summed E-state index contributed by atoms with van der Waals surface area (Å²) in [7, 11) is 0. The quantitative estimate of drug-likeness (QED) is 0.376. The Morgan fingerprint density at radius 2 is 1.88 bits per heavy atom. The minimum Gasteiger partial charge on any atom is -0.458 e. The largest absolute Gasteiger partial charge is 0.458 e. The first-order valence-electron chi connectivity index (χ1n) is 14.3. The van der Waals surface area contributed by atoms with Crippen LogP contribution in [0.1, 0.15) is 62.3 Å². The topological polar surface area (TPSA) is 112 Å². The second kappa shape index (κ2) is 8.07. The van der Waals surface area contributed by atoms with E-state index in [1.807, 2.05) is 12.1 Å². The summed E-state index contributed by atoms with van der Waals surface area (Å²) in [6, 6.07) is 5.63. The van der Waals surface area contributed by atoms with Crippen molar-refractivity contribution in [3.63, 3.8) is 0 Å². The van der Waals surface area contributed by atoms with Gasteiger partial charge in [-0.05, 0) is 73.6 Å². The molecule has 0 radical (unpaired) electrons. The van der Waals surface area contributed by atoms with E-state index in [0.717, 1.165) is 40.4 Å². The molecule has 4 atom stereocenters. The number of aliphatic hydroxyl groups is 1. The van der Waals surface area contributed by atoms with E-state index in [2.05, 4.69) is 19.2 Å². The van der Waals surface area contributed by atoms with Gasteiger partial charge in [0, 0.05) is 29.1 Å². The summed E-state index contributed by atoms with van der Waals surface area (Å²) in [5.74, 6) is 2.88. The lowest BCUT2D eigenvalue weighted by molar-refractivity contribution is -0.169. The smallest absolute Gasteiger partial charge is 0.342 e. The average molecular weight is 544 g/mol. The summed E-state index contributed by atoms with van der Waals surface area (Å²) in [6.07, 6.45) is 3.92. The highest BCUT2D eigenvalue weighted by Crippen LogP contribution is 2.61. The van der Waals surface area contributed by atoms with E-state index < -0.39 is 11.6 Å². The van der Waals surface area contributed by atoms with Gasteiger partial charge in [-0.2, -0.15) is 0 Å². The molecule has 2 bridgehead atoms. The first-order valence-corrected chi connectivity index (χ1v) is 14.3. The van der Waals surface area contributed by atoms with E-state index in [4.69, 9.17) is 19.2 Å². The number of ether oxygens (including phenoxy) is 3. The Labute approximate surface area is 231 Å². The van der Waals surface area contributed by atoms with Gasteiger partial charge in [0.15, 0.2) is 17.1 Å². The summed E-state index contributed by atoms with van der Waals surface area (Å²) in [5, 5.41) is 15.7. The molecule has 0 spiro atoms. The highest BCUT2D eigenvalue weighted by molar-refractivity contribution is 5.91. The molecule has 3 unspecified atom stereocenters. The molecule has 3 fully saturated rings. The van der Waals surface area contributed by atoms with Crippen LogP contribution in [-0.4, -0.2) is 34.0 Å². The van der Waals surface area contributed by atoms with Crippen LogP contribution in [0.3, 0.4) is 0 Å². The van der Waals surface area contributed by atoms with Crippen LogP contribution < -0.4 is 20.3 Å². The monoisotopic (exact) mass is 543 g/mol. The molecule has 9 nitrogen and oxygen atoms in total. The molecule has 9 rings (SSSR count). The molecular weight excluding hydrogens is 510 g/mol. The predicted octanol–water partition coefficient (Wildman–Crippen LogP) is 3.58. The fraction of sp³-hybridized carbons (Fsp3) is 0.516. The van der Waals surface area contributed by atoms with Crippen LogP contribution in [-0.2, 0) is 34.8 Å². The number of nitrogens with zero attached hydrogens (tertiary/aromatic N) is 2. The zero-order valence-electron chi connectivity index (χ0n) is 23.0. The lowest BCUT2D eigenvalue weighted by Gasteiger charge is -2.60. The molecule has 6 aliphatic rings. The Bertz CT molecular complexity index is 1690. The molecule has 1 aromatic carbocycles. The summed E-state index contributed by atoms with van der Waals surface area (Å²) < 4.78 is 18.2. The molecule has 3 aliphatic carbocycles. The number of cyclic esters (lactones) is 1. The Balaban J connectivity index is 1.22. The fourth-order valence-electron chi connectivity index (χ4n) is 8.09. The third-order valence-corrected chi connectivity index (χ3v) is 10.6. The molecule has 40 heavy (non-hydrogen) atoms. The third-order valence-electron chi connectivity index (χ3n) is 10.6. The van der Waals surface area contributed by atoms with Gasteiger partial charge in [0.2, 0.25) is 6.79 Å². The maximum Gasteiger partial charge on any atom is 0.342 e. The number of nitrogens with one attached hydrogen (secondary N) is 1. The maximum atomic E-state index is 13.6. The minimum absolute atomic E-state index is 0.148. The molecule has 0 amide bonds. The fourth-order valence-corrected chi connectivity index (χ4v) is 8.09. The highest BCUT2D eigenvalue weighted by atomic mass is 16.7. The van der Waals surface area contributed by atoms with E-state index in [1.165, 1.54) is 26.2 Å². The molecule has 2 N–H and O–H groups in total. The Morgan fingerprint density at radius 3 is 2.65 bits per heavy atom. The van der Waals surface area contributed by atoms with Gasteiger partial charge in [-0.25, -0.2) is 9.78 Å². The number of carbonyl (C=O) groups excluding carboxylic acids is 1. The number of esters is 1. The molecule has 208 valence electrons. The second-order valence-electron chi connectivity index (χ2n) is 12.9. The first kappa shape index (κ1) is 24.4. The van der Waals surface area contributed by atoms with Gasteiger partial charge in [-0.15, -0.1) is 0 Å². The number of aromatic nitrogens is 2. The molecule has 5 heterocycles. The van der Waals surface area contributed by atoms with Crippen LogP contribution in [0, 0.1) is 23.2 Å². The van der Waals surface area contributed by atoms with Crippen LogP contribution in [0.25, 0.3) is 22.3 Å². The van der Waals surface area contributed by atoms with Gasteiger partial charge in [0.05, 0.1) is 29.0 Å². The number of rotatable bonds is 4. The summed E-state index contributed by atoms with van der Waals surface area (Å²) in [6.45, 7) is 8.20. The third kappa shape index (κ3) is 3.19. The Hall–Kier alpha value is -3.43. The van der Waals surface area contributed by atoms with E-state index in [9.17, 15) is 14.7 Å². The molecule has 3 saturated carbocycles. The number of benzene rings is 1. The van der Waals surface area contributed by atoms with Crippen LogP contribution in [0.2, 0.25) is 0 Å². The van der Waals surface area contributed by atoms with Gasteiger partial charge in [0.25, 0.3) is 5.56 Å². The molecule has 9 heteroatoms. The average Bonchev–Trinajstić information content (AvgIpc) is 3.54. The van der Waals surface area contributed by atoms with E-state index >= 15 is 0 Å². The number of carbonyl (C=O) groups is 1. The van der Waals surface area contributed by atoms with Crippen LogP contribution in [0.15, 0.2) is 23.0 Å². The van der Waals surface area contributed by atoms with Crippen LogP contribution in [0.4, 0.5) is 0 Å². The molecular formula is C31H33N3O6. The number of hydrogen-bond donors (Lipinski definition) is 2. The van der Waals surface area contributed by atoms with E-state index in [0.29, 0.717) is 58.4 Å². The lowest BCUT2D eigenvalue weighted by atomic mass is 9.45. The molecule has 3 aliphatic heterocycles. The second-order valence-corrected chi connectivity index (χ2v) is 12.9. The van der Waals surface area contributed by atoms with Crippen molar-refractivity contribution in [2.75, 3.05) is 13.3 Å². The number of hydrogen-bond acceptors (Lipinski definition) is 8. The zero-order valence-corrected chi connectivity index (χ0v) is 23.0. The van der Waals surface area contributed by atoms with Crippen LogP contribution >= 0.6 is 0 Å². The van der Waals surface area contributed by atoms with Crippen molar-refractivity contribution in [3.8, 4) is 22.9 Å². The van der Waals surface area contributed by atoms with Crippen molar-refractivity contribution >= 4 is 16.9 Å². The van der Waals surface area contributed by atoms with Gasteiger partial charge in [0.1, 0.15) is 6.61 Å². The van der Waals surface area contributed by atoms with E-state index in [1.54, 1.807) is 10.6 Å². The maximum absolute atomic E-state index is 13.6. The van der Waals surface area contributed by atoms with Crippen molar-refractivity contribution in [1.82, 2.24) is 14.9 Å². The van der Waals surface area contributed by atoms with Gasteiger partial charge >= 0.3 is 5.97 Å². The summed E-state index contributed by atoms with van der Waals surface area (Å²) in [5.41, 5.74) is 2.97. The van der Waals surface area contributed by atoms with E-state index in [-0.39, 0.29) is 19.0 Å². The SMILES string of the molecule is CC1(C)C2CCC(CNCc3c4c(nc5cc6c(cc35)OCO6)-c3cc5c(c(=O)n3C4)COC(=O)[C@@]5(C)O)C1C2. The minimum atomic E-state index is -1.90. The molecule has 0 saturated heterocycles. The Kier molecular flexibility index (Phi) is 4.92. The predicted molar refractivity (Wildman–Crippen MR) is 146 cm³/mol. The highest BCUT2D eigenvalue weighted by Gasteiger charge is 2.53. The summed E-state index contributed by atoms with van der Waals surface area (Å²) in [4.78, 5) is 31.0. The summed E-state index contributed by atoms with van der Waals surface area (Å²) >= 11 is 0. The zero-order chi connectivity index (χ0) is 27.6. The van der Waals surface area contributed by atoms with Crippen molar-refractivity contribution in [2.24, 2.45) is 23.2 Å². The van der Waals surface area contributed by atoms with Gasteiger partial charge < -0.3 is 29.2 Å². The first-order chi connectivity index (χ1) is 19.1.